The van der Waals surface area contributed by atoms with E-state index in [2.05, 4.69) is 10.6 Å². The fourth-order valence-electron chi connectivity index (χ4n) is 1.85. The normalized spacial score (nSPS) is 10.9. The third-order valence-corrected chi connectivity index (χ3v) is 3.67. The molecule has 0 aliphatic heterocycles. The second-order valence-electron chi connectivity index (χ2n) is 5.69. The maximum Gasteiger partial charge on any atom is 0.414 e. The summed E-state index contributed by atoms with van der Waals surface area (Å²) in [5.74, 6) is -3.70. The number of aryl methyl sites for hydroxylation is 1. The van der Waals surface area contributed by atoms with Gasteiger partial charge in [0.05, 0.1) is 6.04 Å². The van der Waals surface area contributed by atoms with Crippen LogP contribution in [0, 0.1) is 6.92 Å². The van der Waals surface area contributed by atoms with E-state index in [4.69, 9.17) is 31.4 Å². The second-order valence-corrected chi connectivity index (χ2v) is 6.13. The molecule has 0 spiro atoms. The summed E-state index contributed by atoms with van der Waals surface area (Å²) in [5.41, 5.74) is 3.07. The minimum absolute atomic E-state index is 0.0483. The standard InChI is InChI=1S/C17H19ClN2O.C2H2O4/c1-12-3-9-16(10-4-12)20-17(21)13(2)19-11-14-5-7-15(18)8-6-14;3-1(4)2(5)6/h3-10,13,19H,11H2,1-2H3,(H,20,21);(H,3,4)(H,5,6). The Morgan fingerprint density at radius 2 is 1.48 bits per heavy atom. The van der Waals surface area contributed by atoms with Crippen LogP contribution in [0.5, 0.6) is 0 Å². The third kappa shape index (κ3) is 8.84. The van der Waals surface area contributed by atoms with Crippen LogP contribution in [-0.4, -0.2) is 34.1 Å². The summed E-state index contributed by atoms with van der Waals surface area (Å²) in [6, 6.07) is 15.0. The van der Waals surface area contributed by atoms with E-state index in [1.54, 1.807) is 0 Å². The zero-order valence-electron chi connectivity index (χ0n) is 14.9. The van der Waals surface area contributed by atoms with Gasteiger partial charge in [0.1, 0.15) is 0 Å². The number of hydrogen-bond donors (Lipinski definition) is 4. The van der Waals surface area contributed by atoms with Crippen molar-refractivity contribution in [2.24, 2.45) is 0 Å². The molecule has 2 rings (SSSR count). The Labute approximate surface area is 162 Å². The van der Waals surface area contributed by atoms with Crippen LogP contribution in [-0.2, 0) is 20.9 Å². The summed E-state index contributed by atoms with van der Waals surface area (Å²) in [7, 11) is 0. The van der Waals surface area contributed by atoms with Gasteiger partial charge in [-0.05, 0) is 43.7 Å². The molecule has 0 aliphatic carbocycles. The number of halogens is 1. The highest BCUT2D eigenvalue weighted by Crippen LogP contribution is 2.10. The molecule has 2 aromatic rings. The molecular weight excluding hydrogens is 372 g/mol. The third-order valence-electron chi connectivity index (χ3n) is 3.42. The molecule has 0 heterocycles. The van der Waals surface area contributed by atoms with Gasteiger partial charge in [0, 0.05) is 17.3 Å². The minimum atomic E-state index is -1.82. The van der Waals surface area contributed by atoms with Crippen molar-refractivity contribution in [3.8, 4) is 0 Å². The van der Waals surface area contributed by atoms with Gasteiger partial charge in [-0.25, -0.2) is 9.59 Å². The molecule has 0 aromatic heterocycles. The van der Waals surface area contributed by atoms with E-state index in [9.17, 15) is 4.79 Å². The van der Waals surface area contributed by atoms with Crippen molar-refractivity contribution in [2.75, 3.05) is 5.32 Å². The number of nitrogens with one attached hydrogen (secondary N) is 2. The van der Waals surface area contributed by atoms with E-state index in [0.29, 0.717) is 11.6 Å². The molecule has 144 valence electrons. The summed E-state index contributed by atoms with van der Waals surface area (Å²) in [6.45, 7) is 4.49. The van der Waals surface area contributed by atoms with Crippen molar-refractivity contribution in [1.29, 1.82) is 0 Å². The number of hydrogen-bond acceptors (Lipinski definition) is 4. The minimum Gasteiger partial charge on any atom is -0.473 e. The Balaban J connectivity index is 0.000000527. The predicted octanol–water partition coefficient (Wildman–Crippen LogP) is 2.92. The molecule has 0 bridgehead atoms. The lowest BCUT2D eigenvalue weighted by atomic mass is 10.2. The molecule has 2 aromatic carbocycles. The molecule has 1 amide bonds. The van der Waals surface area contributed by atoms with Gasteiger partial charge in [-0.1, -0.05) is 41.4 Å². The maximum atomic E-state index is 12.1. The summed E-state index contributed by atoms with van der Waals surface area (Å²) < 4.78 is 0. The predicted molar refractivity (Wildman–Crippen MR) is 103 cm³/mol. The number of carboxylic acids is 2. The van der Waals surface area contributed by atoms with Crippen LogP contribution >= 0.6 is 11.6 Å². The Morgan fingerprint density at radius 3 is 1.96 bits per heavy atom. The van der Waals surface area contributed by atoms with Crippen molar-refractivity contribution >= 4 is 35.1 Å². The van der Waals surface area contributed by atoms with Crippen LogP contribution in [0.25, 0.3) is 0 Å². The van der Waals surface area contributed by atoms with Crippen molar-refractivity contribution < 1.29 is 24.6 Å². The van der Waals surface area contributed by atoms with Crippen molar-refractivity contribution in [3.05, 3.63) is 64.7 Å². The van der Waals surface area contributed by atoms with Crippen molar-refractivity contribution in [2.45, 2.75) is 26.4 Å². The zero-order valence-corrected chi connectivity index (χ0v) is 15.7. The average Bonchev–Trinajstić information content (AvgIpc) is 2.63. The molecule has 0 saturated carbocycles. The van der Waals surface area contributed by atoms with E-state index in [0.717, 1.165) is 11.3 Å². The number of carbonyl (C=O) groups excluding carboxylic acids is 1. The first-order valence-electron chi connectivity index (χ1n) is 8.00. The lowest BCUT2D eigenvalue weighted by Crippen LogP contribution is -2.37. The van der Waals surface area contributed by atoms with Crippen LogP contribution in [0.15, 0.2) is 48.5 Å². The summed E-state index contributed by atoms with van der Waals surface area (Å²) in [6.07, 6.45) is 0. The topological polar surface area (TPSA) is 116 Å². The average molecular weight is 393 g/mol. The molecule has 0 fully saturated rings. The number of amides is 1. The van der Waals surface area contributed by atoms with Gasteiger partial charge in [0.15, 0.2) is 0 Å². The van der Waals surface area contributed by atoms with Gasteiger partial charge in [-0.2, -0.15) is 0 Å². The zero-order chi connectivity index (χ0) is 20.4. The Hall–Kier alpha value is -2.90. The quantitative estimate of drug-likeness (QED) is 0.581. The van der Waals surface area contributed by atoms with Gasteiger partial charge in [0.2, 0.25) is 5.91 Å². The SMILES string of the molecule is Cc1ccc(NC(=O)C(C)NCc2ccc(Cl)cc2)cc1.O=C(O)C(=O)O. The molecule has 8 heteroatoms. The van der Waals surface area contributed by atoms with Gasteiger partial charge in [0.25, 0.3) is 0 Å². The second kappa shape index (κ2) is 10.9. The maximum absolute atomic E-state index is 12.1. The van der Waals surface area contributed by atoms with Crippen LogP contribution in [0.4, 0.5) is 5.69 Å². The smallest absolute Gasteiger partial charge is 0.414 e. The molecule has 0 radical (unpaired) electrons. The van der Waals surface area contributed by atoms with E-state index in [-0.39, 0.29) is 11.9 Å². The molecule has 0 saturated heterocycles. The molecule has 4 N–H and O–H groups in total. The molecule has 0 aliphatic rings. The highest BCUT2D eigenvalue weighted by molar-refractivity contribution is 6.30. The number of carboxylic acid groups (broad SMARTS) is 2. The monoisotopic (exact) mass is 392 g/mol. The number of rotatable bonds is 5. The lowest BCUT2D eigenvalue weighted by molar-refractivity contribution is -0.159. The first-order valence-corrected chi connectivity index (χ1v) is 8.38. The van der Waals surface area contributed by atoms with Crippen LogP contribution in [0.3, 0.4) is 0 Å². The van der Waals surface area contributed by atoms with E-state index >= 15 is 0 Å². The largest absolute Gasteiger partial charge is 0.473 e. The van der Waals surface area contributed by atoms with E-state index in [1.165, 1.54) is 5.56 Å². The van der Waals surface area contributed by atoms with Gasteiger partial charge in [-0.3, -0.25) is 4.79 Å². The molecule has 1 atom stereocenters. The van der Waals surface area contributed by atoms with E-state index < -0.39 is 11.9 Å². The number of anilines is 1. The number of aliphatic carboxylic acids is 2. The lowest BCUT2D eigenvalue weighted by Gasteiger charge is -2.14. The van der Waals surface area contributed by atoms with E-state index in [1.807, 2.05) is 62.4 Å². The Morgan fingerprint density at radius 1 is 0.963 bits per heavy atom. The van der Waals surface area contributed by atoms with Crippen molar-refractivity contribution in [1.82, 2.24) is 5.32 Å². The summed E-state index contributed by atoms with van der Waals surface area (Å²) in [5, 5.41) is 21.6. The first-order chi connectivity index (χ1) is 12.7. The molecule has 1 unspecified atom stereocenters. The van der Waals surface area contributed by atoms with Crippen LogP contribution in [0.2, 0.25) is 5.02 Å². The highest BCUT2D eigenvalue weighted by atomic mass is 35.5. The Kier molecular flexibility index (Phi) is 8.98. The van der Waals surface area contributed by atoms with Crippen LogP contribution < -0.4 is 10.6 Å². The highest BCUT2D eigenvalue weighted by Gasteiger charge is 2.12. The molecule has 27 heavy (non-hydrogen) atoms. The summed E-state index contributed by atoms with van der Waals surface area (Å²) in [4.78, 5) is 30.3. The molecule has 7 nitrogen and oxygen atoms in total. The fourth-order valence-corrected chi connectivity index (χ4v) is 1.98. The van der Waals surface area contributed by atoms with Gasteiger partial charge >= 0.3 is 11.9 Å². The van der Waals surface area contributed by atoms with Gasteiger partial charge in [-0.15, -0.1) is 0 Å². The first kappa shape index (κ1) is 22.1. The summed E-state index contributed by atoms with van der Waals surface area (Å²) >= 11 is 5.84. The van der Waals surface area contributed by atoms with Crippen LogP contribution in [0.1, 0.15) is 18.1 Å². The Bertz CT molecular complexity index is 764. The van der Waals surface area contributed by atoms with Crippen molar-refractivity contribution in [3.63, 3.8) is 0 Å². The number of carbonyl (C=O) groups is 3. The molecular formula is C19H21ClN2O5. The fraction of sp³-hybridized carbons (Fsp3) is 0.211. The van der Waals surface area contributed by atoms with Gasteiger partial charge < -0.3 is 20.8 Å². The number of benzene rings is 2.